The van der Waals surface area contributed by atoms with Crippen molar-refractivity contribution in [3.63, 3.8) is 0 Å². The number of methoxy groups -OCH3 is 1. The second-order valence-electron chi connectivity index (χ2n) is 8.02. The fourth-order valence-electron chi connectivity index (χ4n) is 3.74. The van der Waals surface area contributed by atoms with Crippen LogP contribution < -0.4 is 19.7 Å². The molecule has 1 N–H and O–H groups in total. The summed E-state index contributed by atoms with van der Waals surface area (Å²) >= 11 is 0. The molecule has 1 unspecified atom stereocenters. The number of rotatable bonds is 7. The molecule has 192 valence electrons. The summed E-state index contributed by atoms with van der Waals surface area (Å²) in [6.07, 6.45) is -1.94. The minimum Gasteiger partial charge on any atom is -0.497 e. The maximum atomic E-state index is 13.2. The Bertz CT molecular complexity index is 1310. The van der Waals surface area contributed by atoms with Gasteiger partial charge in [0.1, 0.15) is 17.5 Å². The van der Waals surface area contributed by atoms with Gasteiger partial charge in [-0.25, -0.2) is 9.69 Å². The number of carbonyl (C=O) groups is 3. The number of anilines is 2. The van der Waals surface area contributed by atoms with Gasteiger partial charge >= 0.3 is 12.4 Å². The van der Waals surface area contributed by atoms with E-state index in [0.717, 1.165) is 17.0 Å². The number of benzene rings is 2. The van der Waals surface area contributed by atoms with Crippen molar-refractivity contribution < 1.29 is 37.0 Å². The van der Waals surface area contributed by atoms with Crippen LogP contribution in [0.4, 0.5) is 29.3 Å². The second kappa shape index (κ2) is 10.2. The zero-order chi connectivity index (χ0) is 26.7. The van der Waals surface area contributed by atoms with E-state index in [4.69, 9.17) is 4.74 Å². The number of imide groups is 1. The van der Waals surface area contributed by atoms with Crippen molar-refractivity contribution in [2.45, 2.75) is 25.9 Å². The summed E-state index contributed by atoms with van der Waals surface area (Å²) in [6, 6.07) is 11.0. The first-order valence-electron chi connectivity index (χ1n) is 11.0. The predicted octanol–water partition coefficient (Wildman–Crippen LogP) is 4.60. The first-order valence-corrected chi connectivity index (χ1v) is 11.0. The van der Waals surface area contributed by atoms with E-state index < -0.39 is 36.0 Å². The minimum atomic E-state index is -4.86. The number of pyridine rings is 1. The van der Waals surface area contributed by atoms with E-state index in [0.29, 0.717) is 22.6 Å². The average molecular weight is 514 g/mol. The highest BCUT2D eigenvalue weighted by Crippen LogP contribution is 2.31. The fourth-order valence-corrected chi connectivity index (χ4v) is 3.74. The van der Waals surface area contributed by atoms with Crippen LogP contribution in [0.2, 0.25) is 0 Å². The Labute approximate surface area is 209 Å². The van der Waals surface area contributed by atoms with Crippen molar-refractivity contribution in [1.29, 1.82) is 0 Å². The Hall–Kier alpha value is -4.61. The average Bonchev–Trinajstić information content (AvgIpc) is 3.07. The van der Waals surface area contributed by atoms with E-state index in [1.54, 1.807) is 30.3 Å². The number of aromatic nitrogens is 1. The van der Waals surface area contributed by atoms with Gasteiger partial charge in [-0.05, 0) is 67.1 Å². The molecule has 12 heteroatoms. The molecule has 4 rings (SSSR count). The van der Waals surface area contributed by atoms with Crippen LogP contribution in [0.3, 0.4) is 0 Å². The lowest BCUT2D eigenvalue weighted by Crippen LogP contribution is -2.33. The number of nitrogens with one attached hydrogen (secondary N) is 1. The molecule has 0 aliphatic carbocycles. The number of alkyl halides is 3. The van der Waals surface area contributed by atoms with Gasteiger partial charge in [0, 0.05) is 11.8 Å². The lowest BCUT2D eigenvalue weighted by atomic mass is 10.1. The molecule has 0 spiro atoms. The summed E-state index contributed by atoms with van der Waals surface area (Å²) in [5.74, 6) is -0.838. The maximum absolute atomic E-state index is 13.2. The smallest absolute Gasteiger partial charge is 0.497 e. The van der Waals surface area contributed by atoms with E-state index in [1.165, 1.54) is 43.5 Å². The van der Waals surface area contributed by atoms with Crippen LogP contribution in [-0.2, 0) is 11.3 Å². The summed E-state index contributed by atoms with van der Waals surface area (Å²) in [4.78, 5) is 45.0. The monoisotopic (exact) mass is 514 g/mol. The molecule has 1 fully saturated rings. The third kappa shape index (κ3) is 5.63. The van der Waals surface area contributed by atoms with Crippen molar-refractivity contribution in [2.75, 3.05) is 17.3 Å². The third-order valence-corrected chi connectivity index (χ3v) is 5.66. The molecule has 1 aliphatic heterocycles. The van der Waals surface area contributed by atoms with Gasteiger partial charge in [0.05, 0.1) is 31.2 Å². The molecule has 1 saturated heterocycles. The molecule has 9 nitrogen and oxygen atoms in total. The standard InChI is InChI=1S/C25H21F3N4O5/c1-15-23(34)32(18-5-9-20(10-6-18)37-25(26,27)28)24(35)31(15)14-17-11-12-29-13-21(17)30-22(33)16-3-7-19(36-2)8-4-16/h3-13,15H,14H2,1-2H3,(H,30,33). The van der Waals surface area contributed by atoms with Crippen molar-refractivity contribution in [1.82, 2.24) is 9.88 Å². The summed E-state index contributed by atoms with van der Waals surface area (Å²) in [5.41, 5.74) is 1.35. The predicted molar refractivity (Wildman–Crippen MR) is 126 cm³/mol. The summed E-state index contributed by atoms with van der Waals surface area (Å²) in [5, 5.41) is 2.76. The number of urea groups is 1. The largest absolute Gasteiger partial charge is 0.573 e. The topological polar surface area (TPSA) is 101 Å². The van der Waals surface area contributed by atoms with Crippen LogP contribution in [0, 0.1) is 0 Å². The van der Waals surface area contributed by atoms with Gasteiger partial charge in [-0.2, -0.15) is 0 Å². The molecule has 1 atom stereocenters. The third-order valence-electron chi connectivity index (χ3n) is 5.66. The molecule has 1 aromatic heterocycles. The van der Waals surface area contributed by atoms with Crippen LogP contribution in [0.1, 0.15) is 22.8 Å². The number of nitrogens with zero attached hydrogens (tertiary/aromatic N) is 3. The number of halogens is 3. The van der Waals surface area contributed by atoms with E-state index in [2.05, 4.69) is 15.0 Å². The van der Waals surface area contributed by atoms with Gasteiger partial charge in [0.2, 0.25) is 0 Å². The number of carbonyl (C=O) groups excluding carboxylic acids is 3. The van der Waals surface area contributed by atoms with Crippen LogP contribution in [0.5, 0.6) is 11.5 Å². The fraction of sp³-hybridized carbons (Fsp3) is 0.200. The van der Waals surface area contributed by atoms with E-state index in [-0.39, 0.29) is 12.2 Å². The lowest BCUT2D eigenvalue weighted by molar-refractivity contribution is -0.274. The molecule has 0 bridgehead atoms. The van der Waals surface area contributed by atoms with Crippen LogP contribution in [0.15, 0.2) is 67.0 Å². The normalized spacial score (nSPS) is 15.6. The van der Waals surface area contributed by atoms with Crippen LogP contribution in [-0.4, -0.2) is 47.2 Å². The van der Waals surface area contributed by atoms with Gasteiger partial charge in [-0.1, -0.05) is 0 Å². The molecule has 37 heavy (non-hydrogen) atoms. The second-order valence-corrected chi connectivity index (χ2v) is 8.02. The Balaban J connectivity index is 1.51. The molecule has 1 aliphatic rings. The number of ether oxygens (including phenoxy) is 2. The van der Waals surface area contributed by atoms with Gasteiger partial charge in [0.25, 0.3) is 11.8 Å². The first-order chi connectivity index (χ1) is 17.6. The van der Waals surface area contributed by atoms with Crippen molar-refractivity contribution in [3.05, 3.63) is 78.1 Å². The molecule has 4 amide bonds. The van der Waals surface area contributed by atoms with E-state index in [1.807, 2.05) is 0 Å². The maximum Gasteiger partial charge on any atom is 0.573 e. The Kier molecular flexibility index (Phi) is 7.00. The number of amides is 4. The molecule has 0 radical (unpaired) electrons. The van der Waals surface area contributed by atoms with Crippen LogP contribution >= 0.6 is 0 Å². The number of hydrogen-bond acceptors (Lipinski definition) is 6. The van der Waals surface area contributed by atoms with Crippen molar-refractivity contribution in [2.24, 2.45) is 0 Å². The Morgan fingerprint density at radius 3 is 2.30 bits per heavy atom. The Morgan fingerprint density at radius 2 is 1.68 bits per heavy atom. The zero-order valence-electron chi connectivity index (χ0n) is 19.7. The van der Waals surface area contributed by atoms with Gasteiger partial charge in [0.15, 0.2) is 0 Å². The summed E-state index contributed by atoms with van der Waals surface area (Å²) in [6.45, 7) is 1.51. The van der Waals surface area contributed by atoms with E-state index >= 15 is 0 Å². The molecule has 3 aromatic rings. The lowest BCUT2D eigenvalue weighted by Gasteiger charge is -2.21. The van der Waals surface area contributed by atoms with Gasteiger partial charge < -0.3 is 19.7 Å². The molecular weight excluding hydrogens is 493 g/mol. The van der Waals surface area contributed by atoms with Crippen molar-refractivity contribution in [3.8, 4) is 11.5 Å². The molecular formula is C25H21F3N4O5. The SMILES string of the molecule is COc1ccc(C(=O)Nc2cnccc2CN2C(=O)N(c3ccc(OC(F)(F)F)cc3)C(=O)C2C)cc1. The zero-order valence-corrected chi connectivity index (χ0v) is 19.7. The summed E-state index contributed by atoms with van der Waals surface area (Å²) < 4.78 is 46.2. The molecule has 0 saturated carbocycles. The van der Waals surface area contributed by atoms with Crippen molar-refractivity contribution >= 4 is 29.2 Å². The minimum absolute atomic E-state index is 0.0295. The highest BCUT2D eigenvalue weighted by molar-refractivity contribution is 6.21. The quantitative estimate of drug-likeness (QED) is 0.463. The van der Waals surface area contributed by atoms with E-state index in [9.17, 15) is 27.6 Å². The van der Waals surface area contributed by atoms with Gasteiger partial charge in [-0.3, -0.25) is 14.6 Å². The highest BCUT2D eigenvalue weighted by atomic mass is 19.4. The molecule has 2 heterocycles. The highest BCUT2D eigenvalue weighted by Gasteiger charge is 2.43. The molecule has 2 aromatic carbocycles. The Morgan fingerprint density at radius 1 is 1.03 bits per heavy atom. The number of hydrogen-bond donors (Lipinski definition) is 1. The first kappa shape index (κ1) is 25.5. The van der Waals surface area contributed by atoms with Gasteiger partial charge in [-0.15, -0.1) is 13.2 Å². The van der Waals surface area contributed by atoms with Crippen LogP contribution in [0.25, 0.3) is 0 Å². The summed E-state index contributed by atoms with van der Waals surface area (Å²) in [7, 11) is 1.51.